The van der Waals surface area contributed by atoms with Crippen molar-refractivity contribution in [2.24, 2.45) is 10.9 Å². The summed E-state index contributed by atoms with van der Waals surface area (Å²) in [5.41, 5.74) is 10.3. The largest absolute Gasteiger partial charge is 0.394 e. The van der Waals surface area contributed by atoms with E-state index in [0.717, 1.165) is 27.9 Å². The number of aryl methyl sites for hydroxylation is 1. The number of H-pyrrole nitrogens is 1. The van der Waals surface area contributed by atoms with Crippen LogP contribution in [0.1, 0.15) is 24.2 Å². The molecule has 3 N–H and O–H groups in total. The van der Waals surface area contributed by atoms with E-state index in [4.69, 9.17) is 10.6 Å². The molecule has 1 aromatic carbocycles. The number of benzene rings is 1. The Morgan fingerprint density at radius 3 is 2.74 bits per heavy atom. The molecule has 0 saturated heterocycles. The van der Waals surface area contributed by atoms with Gasteiger partial charge in [-0.15, -0.1) is 0 Å². The molecule has 2 aromatic heterocycles. The third kappa shape index (κ3) is 3.76. The highest BCUT2D eigenvalue weighted by molar-refractivity contribution is 6.13. The molecule has 0 atom stereocenters. The lowest BCUT2D eigenvalue weighted by atomic mass is 10.1. The Morgan fingerprint density at radius 1 is 1.26 bits per heavy atom. The smallest absolute Gasteiger partial charge is 0.133 e. The van der Waals surface area contributed by atoms with Gasteiger partial charge in [-0.3, -0.25) is 4.98 Å². The van der Waals surface area contributed by atoms with Crippen LogP contribution in [0, 0.1) is 6.92 Å². The lowest BCUT2D eigenvalue weighted by Crippen LogP contribution is -2.09. The Kier molecular flexibility index (Phi) is 5.49. The Morgan fingerprint density at radius 2 is 2.04 bits per heavy atom. The molecule has 0 amide bonds. The first-order valence-electron chi connectivity index (χ1n) is 7.18. The van der Waals surface area contributed by atoms with E-state index < -0.39 is 0 Å². The molecule has 2 heterocycles. The van der Waals surface area contributed by atoms with Crippen LogP contribution in [0.2, 0.25) is 0 Å². The number of hydrogen-bond donors (Lipinski definition) is 2. The topological polar surface area (TPSA) is 76.3 Å². The summed E-state index contributed by atoms with van der Waals surface area (Å²) in [4.78, 5) is 12.8. The highest BCUT2D eigenvalue weighted by Crippen LogP contribution is 2.18. The zero-order valence-corrected chi connectivity index (χ0v) is 12.4. The lowest BCUT2D eigenvalue weighted by Gasteiger charge is -2.05. The fourth-order valence-electron chi connectivity index (χ4n) is 2.23. The Balaban J connectivity index is 0.00000192. The number of nitrogens with zero attached hydrogens (tertiary/aromatic N) is 2. The van der Waals surface area contributed by atoms with E-state index in [1.807, 2.05) is 24.3 Å². The summed E-state index contributed by atoms with van der Waals surface area (Å²) in [6, 6.07) is 12.2. The number of rotatable bonds is 5. The van der Waals surface area contributed by atoms with E-state index in [1.165, 1.54) is 5.56 Å². The predicted molar refractivity (Wildman–Crippen MR) is 94.6 cm³/mol. The number of pyridine rings is 1. The van der Waals surface area contributed by atoms with E-state index in [9.17, 15) is 0 Å². The second kappa shape index (κ2) is 7.56. The van der Waals surface area contributed by atoms with Gasteiger partial charge in [-0.1, -0.05) is 42.4 Å². The van der Waals surface area contributed by atoms with Crippen LogP contribution in [0.15, 0.2) is 53.9 Å². The first-order chi connectivity index (χ1) is 10.8. The maximum absolute atomic E-state index is 5.46. The number of aromatic nitrogens is 2. The Labute approximate surface area is 136 Å². The standard InChI is InChI=1S/C17H18N4O.CH4/c1-12-2-4-13(5-3-12)17(21-22-9-7-18)15-10-14-6-8-19-11-16(14)20-15;/h2-6,8,10-11,20H,7,9,18H2,1H3;1H4/b21-17-;. The van der Waals surface area contributed by atoms with Crippen molar-refractivity contribution in [1.82, 2.24) is 9.97 Å². The number of nitrogens with two attached hydrogens (primary N) is 1. The molecule has 3 aromatic rings. The van der Waals surface area contributed by atoms with Gasteiger partial charge in [0.05, 0.1) is 17.4 Å². The minimum atomic E-state index is 0. The number of nitrogens with one attached hydrogen (secondary N) is 1. The van der Waals surface area contributed by atoms with Gasteiger partial charge in [0.25, 0.3) is 0 Å². The van der Waals surface area contributed by atoms with E-state index >= 15 is 0 Å². The molecule has 0 bridgehead atoms. The van der Waals surface area contributed by atoms with Gasteiger partial charge in [0.2, 0.25) is 0 Å². The van der Waals surface area contributed by atoms with Crippen LogP contribution >= 0.6 is 0 Å². The van der Waals surface area contributed by atoms with Gasteiger partial charge in [0, 0.05) is 23.7 Å². The minimum Gasteiger partial charge on any atom is -0.394 e. The number of fused-ring (bicyclic) bond motifs is 1. The molecular weight excluding hydrogens is 288 g/mol. The summed E-state index contributed by atoms with van der Waals surface area (Å²) in [7, 11) is 0. The van der Waals surface area contributed by atoms with Crippen molar-refractivity contribution < 1.29 is 4.84 Å². The van der Waals surface area contributed by atoms with Gasteiger partial charge in [-0.25, -0.2) is 0 Å². The van der Waals surface area contributed by atoms with Crippen LogP contribution in [0.5, 0.6) is 0 Å². The fraction of sp³-hybridized carbons (Fsp3) is 0.222. The molecule has 5 nitrogen and oxygen atoms in total. The average Bonchev–Trinajstić information content (AvgIpc) is 2.96. The molecule has 0 fully saturated rings. The predicted octanol–water partition coefficient (Wildman–Crippen LogP) is 3.24. The Hall–Kier alpha value is -2.66. The molecular formula is C18H22N4O. The molecule has 0 saturated carbocycles. The minimum absolute atomic E-state index is 0. The van der Waals surface area contributed by atoms with Gasteiger partial charge >= 0.3 is 0 Å². The van der Waals surface area contributed by atoms with Crippen LogP contribution in [0.25, 0.3) is 10.9 Å². The quantitative estimate of drug-likeness (QED) is 0.431. The molecule has 0 aliphatic carbocycles. The van der Waals surface area contributed by atoms with Crippen molar-refractivity contribution >= 4 is 16.6 Å². The van der Waals surface area contributed by atoms with Gasteiger partial charge < -0.3 is 15.6 Å². The number of oxime groups is 1. The van der Waals surface area contributed by atoms with Crippen molar-refractivity contribution in [2.75, 3.05) is 13.2 Å². The average molecular weight is 310 g/mol. The van der Waals surface area contributed by atoms with E-state index in [-0.39, 0.29) is 7.43 Å². The van der Waals surface area contributed by atoms with Crippen molar-refractivity contribution in [3.8, 4) is 0 Å². The summed E-state index contributed by atoms with van der Waals surface area (Å²) < 4.78 is 0. The van der Waals surface area contributed by atoms with E-state index in [1.54, 1.807) is 12.4 Å². The second-order valence-corrected chi connectivity index (χ2v) is 5.07. The summed E-state index contributed by atoms with van der Waals surface area (Å²) in [5, 5.41) is 5.35. The molecule has 23 heavy (non-hydrogen) atoms. The zero-order valence-electron chi connectivity index (χ0n) is 12.4. The van der Waals surface area contributed by atoms with Gasteiger partial charge in [0.1, 0.15) is 12.3 Å². The van der Waals surface area contributed by atoms with E-state index in [2.05, 4.69) is 34.2 Å². The highest BCUT2D eigenvalue weighted by Gasteiger charge is 2.11. The van der Waals surface area contributed by atoms with Gasteiger partial charge in [0.15, 0.2) is 0 Å². The second-order valence-electron chi connectivity index (χ2n) is 5.07. The van der Waals surface area contributed by atoms with Crippen LogP contribution in [-0.4, -0.2) is 28.8 Å². The molecule has 0 aliphatic heterocycles. The van der Waals surface area contributed by atoms with Crippen LogP contribution in [0.3, 0.4) is 0 Å². The SMILES string of the molecule is C.Cc1ccc(/C(=N/OCCN)c2cc3ccncc3[nH]2)cc1. The van der Waals surface area contributed by atoms with Gasteiger partial charge in [-0.05, 0) is 19.1 Å². The highest BCUT2D eigenvalue weighted by atomic mass is 16.6. The first kappa shape index (κ1) is 16.7. The maximum Gasteiger partial charge on any atom is 0.133 e. The monoisotopic (exact) mass is 310 g/mol. The van der Waals surface area contributed by atoms with Crippen molar-refractivity contribution in [2.45, 2.75) is 14.4 Å². The number of aromatic amines is 1. The molecule has 0 aliphatic rings. The van der Waals surface area contributed by atoms with Crippen molar-refractivity contribution in [3.05, 3.63) is 65.6 Å². The molecule has 0 unspecified atom stereocenters. The van der Waals surface area contributed by atoms with Crippen LogP contribution < -0.4 is 5.73 Å². The molecule has 0 spiro atoms. The number of hydrogen-bond acceptors (Lipinski definition) is 4. The van der Waals surface area contributed by atoms with Crippen molar-refractivity contribution in [1.29, 1.82) is 0 Å². The molecule has 120 valence electrons. The van der Waals surface area contributed by atoms with Gasteiger partial charge in [-0.2, -0.15) is 0 Å². The maximum atomic E-state index is 5.46. The first-order valence-corrected chi connectivity index (χ1v) is 7.18. The van der Waals surface area contributed by atoms with Crippen LogP contribution in [0.4, 0.5) is 0 Å². The summed E-state index contributed by atoms with van der Waals surface area (Å²) >= 11 is 0. The summed E-state index contributed by atoms with van der Waals surface area (Å²) in [6.45, 7) is 2.87. The summed E-state index contributed by atoms with van der Waals surface area (Å²) in [6.07, 6.45) is 3.57. The lowest BCUT2D eigenvalue weighted by molar-refractivity contribution is 0.152. The van der Waals surface area contributed by atoms with Crippen LogP contribution in [-0.2, 0) is 4.84 Å². The molecule has 0 radical (unpaired) electrons. The Bertz CT molecular complexity index is 757. The third-order valence-electron chi connectivity index (χ3n) is 3.37. The normalized spacial score (nSPS) is 11.3. The summed E-state index contributed by atoms with van der Waals surface area (Å²) in [5.74, 6) is 0. The molecule has 5 heteroatoms. The molecule has 3 rings (SSSR count). The fourth-order valence-corrected chi connectivity index (χ4v) is 2.23. The van der Waals surface area contributed by atoms with E-state index in [0.29, 0.717) is 13.2 Å². The van der Waals surface area contributed by atoms with Crippen molar-refractivity contribution in [3.63, 3.8) is 0 Å². The third-order valence-corrected chi connectivity index (χ3v) is 3.37. The zero-order chi connectivity index (χ0) is 15.4.